The van der Waals surface area contributed by atoms with E-state index in [1.165, 1.54) is 0 Å². The van der Waals surface area contributed by atoms with Gasteiger partial charge >= 0.3 is 0 Å². The normalized spacial score (nSPS) is 15.7. The lowest BCUT2D eigenvalue weighted by molar-refractivity contribution is -0.0165. The highest BCUT2D eigenvalue weighted by atomic mass is 35.5. The molecule has 0 fully saturated rings. The summed E-state index contributed by atoms with van der Waals surface area (Å²) in [5.74, 6) is 1.72. The third kappa shape index (κ3) is 4.07. The van der Waals surface area contributed by atoms with Crippen LogP contribution in [-0.2, 0) is 18.0 Å². The molecule has 0 unspecified atom stereocenters. The second kappa shape index (κ2) is 8.51. The lowest BCUT2D eigenvalue weighted by atomic mass is 10.0. The number of aryl methyl sites for hydroxylation is 1. The molecule has 2 aliphatic heterocycles. The summed E-state index contributed by atoms with van der Waals surface area (Å²) < 4.78 is 22.8. The first-order valence-corrected chi connectivity index (χ1v) is 10.7. The van der Waals surface area contributed by atoms with E-state index in [9.17, 15) is 4.79 Å². The van der Waals surface area contributed by atoms with Gasteiger partial charge in [0.1, 0.15) is 23.9 Å². The van der Waals surface area contributed by atoms with E-state index in [4.69, 9.17) is 42.1 Å². The summed E-state index contributed by atoms with van der Waals surface area (Å²) in [5.41, 5.74) is 3.73. The monoisotopic (exact) mass is 468 g/mol. The molecule has 0 aromatic heterocycles. The van der Waals surface area contributed by atoms with Crippen molar-refractivity contribution in [2.24, 2.45) is 0 Å². The standard InChI is InChI=1S/C25H18Cl2O5/c1-14-5-20(30-11-15-3-2-4-18(26)6-15)10-21-23(14)24(28)22(32-21)9-16-7-19(27)8-17-12-29-13-31-25(16)17/h2-10H,11-13H2,1H3/b22-9-. The summed E-state index contributed by atoms with van der Waals surface area (Å²) in [6.45, 7) is 2.75. The fourth-order valence-corrected chi connectivity index (χ4v) is 4.27. The van der Waals surface area contributed by atoms with Gasteiger partial charge in [0.2, 0.25) is 5.78 Å². The Hall–Kier alpha value is -2.99. The number of allylic oxidation sites excluding steroid dienone is 1. The van der Waals surface area contributed by atoms with Crippen LogP contribution in [0.25, 0.3) is 6.08 Å². The maximum Gasteiger partial charge on any atom is 0.232 e. The Morgan fingerprint density at radius 2 is 1.97 bits per heavy atom. The molecule has 162 valence electrons. The Labute approximate surface area is 195 Å². The summed E-state index contributed by atoms with van der Waals surface area (Å²) in [6.07, 6.45) is 1.66. The zero-order valence-electron chi connectivity index (χ0n) is 17.1. The van der Waals surface area contributed by atoms with Crippen molar-refractivity contribution in [3.05, 3.63) is 92.2 Å². The van der Waals surface area contributed by atoms with Crippen molar-refractivity contribution in [1.29, 1.82) is 0 Å². The van der Waals surface area contributed by atoms with Crippen LogP contribution >= 0.6 is 23.2 Å². The van der Waals surface area contributed by atoms with Crippen molar-refractivity contribution >= 4 is 35.1 Å². The van der Waals surface area contributed by atoms with E-state index in [1.54, 1.807) is 24.3 Å². The molecule has 0 N–H and O–H groups in total. The van der Waals surface area contributed by atoms with Gasteiger partial charge in [-0.05, 0) is 54.5 Å². The number of carbonyl (C=O) groups is 1. The molecule has 0 saturated carbocycles. The fourth-order valence-electron chi connectivity index (χ4n) is 3.81. The van der Waals surface area contributed by atoms with Gasteiger partial charge in [-0.1, -0.05) is 35.3 Å². The van der Waals surface area contributed by atoms with Crippen molar-refractivity contribution in [3.8, 4) is 17.2 Å². The predicted molar refractivity (Wildman–Crippen MR) is 122 cm³/mol. The van der Waals surface area contributed by atoms with E-state index in [2.05, 4.69) is 0 Å². The van der Waals surface area contributed by atoms with Crippen molar-refractivity contribution in [3.63, 3.8) is 0 Å². The molecule has 5 rings (SSSR count). The summed E-state index contributed by atoms with van der Waals surface area (Å²) >= 11 is 12.3. The Morgan fingerprint density at radius 3 is 2.81 bits per heavy atom. The topological polar surface area (TPSA) is 54.0 Å². The van der Waals surface area contributed by atoms with E-state index < -0.39 is 0 Å². The molecule has 0 spiro atoms. The van der Waals surface area contributed by atoms with E-state index in [-0.39, 0.29) is 18.3 Å². The van der Waals surface area contributed by atoms with Gasteiger partial charge in [0, 0.05) is 27.2 Å². The molecule has 0 saturated heterocycles. The third-order valence-electron chi connectivity index (χ3n) is 5.23. The molecule has 7 heteroatoms. The van der Waals surface area contributed by atoms with Gasteiger partial charge in [-0.3, -0.25) is 4.79 Å². The molecule has 2 aliphatic rings. The molecule has 3 aromatic rings. The van der Waals surface area contributed by atoms with Crippen LogP contribution in [0.2, 0.25) is 10.0 Å². The molecular weight excluding hydrogens is 451 g/mol. The first-order chi connectivity index (χ1) is 15.5. The number of Topliss-reactive ketones (excluding diaryl/α,β-unsaturated/α-hetero) is 1. The number of hydrogen-bond acceptors (Lipinski definition) is 5. The number of benzene rings is 3. The number of halogens is 2. The number of hydrogen-bond donors (Lipinski definition) is 0. The van der Waals surface area contributed by atoms with Crippen molar-refractivity contribution in [2.45, 2.75) is 20.1 Å². The Bertz CT molecular complexity index is 1270. The van der Waals surface area contributed by atoms with E-state index >= 15 is 0 Å². The minimum atomic E-state index is -0.195. The average molecular weight is 469 g/mol. The lowest BCUT2D eigenvalue weighted by Crippen LogP contribution is -2.12. The van der Waals surface area contributed by atoms with Crippen LogP contribution < -0.4 is 14.2 Å². The molecule has 2 heterocycles. The molecule has 0 atom stereocenters. The predicted octanol–water partition coefficient (Wildman–Crippen LogP) is 6.36. The largest absolute Gasteiger partial charge is 0.489 e. The molecule has 0 radical (unpaired) electrons. The number of fused-ring (bicyclic) bond motifs is 2. The molecule has 0 amide bonds. The van der Waals surface area contributed by atoms with Crippen LogP contribution in [0, 0.1) is 6.92 Å². The molecule has 0 aliphatic carbocycles. The van der Waals surface area contributed by atoms with Crippen molar-refractivity contribution < 1.29 is 23.7 Å². The van der Waals surface area contributed by atoms with Gasteiger partial charge in [0.15, 0.2) is 12.6 Å². The summed E-state index contributed by atoms with van der Waals surface area (Å²) in [5, 5.41) is 1.18. The molecule has 32 heavy (non-hydrogen) atoms. The van der Waals surface area contributed by atoms with E-state index in [1.807, 2.05) is 37.3 Å². The first-order valence-electron chi connectivity index (χ1n) is 9.97. The molecule has 0 bridgehead atoms. The minimum Gasteiger partial charge on any atom is -0.489 e. The second-order valence-electron chi connectivity index (χ2n) is 7.57. The van der Waals surface area contributed by atoms with Crippen LogP contribution in [0.5, 0.6) is 17.2 Å². The number of rotatable bonds is 4. The van der Waals surface area contributed by atoms with E-state index in [0.717, 1.165) is 16.7 Å². The molecule has 3 aromatic carbocycles. The summed E-state index contributed by atoms with van der Waals surface area (Å²) in [6, 6.07) is 14.6. The van der Waals surface area contributed by atoms with Gasteiger partial charge in [-0.15, -0.1) is 0 Å². The van der Waals surface area contributed by atoms with Gasteiger partial charge in [0.05, 0.1) is 12.2 Å². The maximum absolute atomic E-state index is 13.1. The summed E-state index contributed by atoms with van der Waals surface area (Å²) in [4.78, 5) is 13.1. The highest BCUT2D eigenvalue weighted by molar-refractivity contribution is 6.31. The van der Waals surface area contributed by atoms with Crippen LogP contribution in [0.3, 0.4) is 0 Å². The van der Waals surface area contributed by atoms with Gasteiger partial charge in [-0.2, -0.15) is 0 Å². The van der Waals surface area contributed by atoms with Crippen molar-refractivity contribution in [2.75, 3.05) is 6.79 Å². The zero-order chi connectivity index (χ0) is 22.2. The highest BCUT2D eigenvalue weighted by Gasteiger charge is 2.30. The smallest absolute Gasteiger partial charge is 0.232 e. The highest BCUT2D eigenvalue weighted by Crippen LogP contribution is 2.39. The van der Waals surface area contributed by atoms with Gasteiger partial charge < -0.3 is 18.9 Å². The molecule has 5 nitrogen and oxygen atoms in total. The van der Waals surface area contributed by atoms with Gasteiger partial charge in [0.25, 0.3) is 0 Å². The maximum atomic E-state index is 13.1. The van der Waals surface area contributed by atoms with Crippen molar-refractivity contribution in [1.82, 2.24) is 0 Å². The van der Waals surface area contributed by atoms with Crippen LogP contribution in [0.15, 0.2) is 54.3 Å². The Kier molecular flexibility index (Phi) is 5.55. The Balaban J connectivity index is 1.42. The average Bonchev–Trinajstić information content (AvgIpc) is 3.08. The quantitative estimate of drug-likeness (QED) is 0.416. The first kappa shape index (κ1) is 20.9. The van der Waals surface area contributed by atoms with Crippen LogP contribution in [-0.4, -0.2) is 12.6 Å². The molecular formula is C25H18Cl2O5. The third-order valence-corrected chi connectivity index (χ3v) is 5.68. The fraction of sp³-hybridized carbons (Fsp3) is 0.160. The minimum absolute atomic E-state index is 0.145. The van der Waals surface area contributed by atoms with Crippen LogP contribution in [0.4, 0.5) is 0 Å². The lowest BCUT2D eigenvalue weighted by Gasteiger charge is -2.20. The van der Waals surface area contributed by atoms with Crippen LogP contribution in [0.1, 0.15) is 32.6 Å². The second-order valence-corrected chi connectivity index (χ2v) is 8.44. The van der Waals surface area contributed by atoms with Gasteiger partial charge in [-0.25, -0.2) is 0 Å². The number of carbonyl (C=O) groups excluding carboxylic acids is 1. The zero-order valence-corrected chi connectivity index (χ0v) is 18.6. The number of ketones is 1. The van der Waals surface area contributed by atoms with E-state index in [0.29, 0.717) is 51.6 Å². The summed E-state index contributed by atoms with van der Waals surface area (Å²) in [7, 11) is 0. The Morgan fingerprint density at radius 1 is 1.09 bits per heavy atom. The SMILES string of the molecule is Cc1cc(OCc2cccc(Cl)c2)cc2c1C(=O)/C(=C/c1cc(Cl)cc3c1OCOC3)O2. The number of ether oxygens (including phenoxy) is 4.